The van der Waals surface area contributed by atoms with Crippen LogP contribution in [0.1, 0.15) is 18.6 Å². The van der Waals surface area contributed by atoms with E-state index in [1.54, 1.807) is 6.92 Å². The molecule has 4 heteroatoms. The fraction of sp³-hybridized carbons (Fsp3) is 0.625. The first-order chi connectivity index (χ1) is 9.56. The van der Waals surface area contributed by atoms with E-state index in [1.807, 2.05) is 12.1 Å². The second-order valence-corrected chi connectivity index (χ2v) is 5.90. The van der Waals surface area contributed by atoms with Crippen molar-refractivity contribution in [1.29, 1.82) is 0 Å². The maximum Gasteiger partial charge on any atom is 0.0761 e. The molecule has 1 aliphatic heterocycles. The van der Waals surface area contributed by atoms with Crippen LogP contribution in [0.5, 0.6) is 0 Å². The van der Waals surface area contributed by atoms with Crippen molar-refractivity contribution >= 4 is 5.69 Å². The molecule has 20 heavy (non-hydrogen) atoms. The van der Waals surface area contributed by atoms with Crippen LogP contribution in [0.3, 0.4) is 0 Å². The lowest BCUT2D eigenvalue weighted by molar-refractivity contribution is 0.199. The van der Waals surface area contributed by atoms with E-state index in [0.29, 0.717) is 0 Å². The Morgan fingerprint density at radius 3 is 2.20 bits per heavy atom. The Balaban J connectivity index is 1.84. The topological polar surface area (TPSA) is 30.0 Å². The van der Waals surface area contributed by atoms with E-state index < -0.39 is 0 Å². The van der Waals surface area contributed by atoms with Gasteiger partial charge < -0.3 is 14.9 Å². The van der Waals surface area contributed by atoms with Crippen LogP contribution in [0.4, 0.5) is 5.69 Å². The molecule has 112 valence electrons. The van der Waals surface area contributed by atoms with Crippen LogP contribution in [0.15, 0.2) is 24.3 Å². The SMILES string of the molecule is C[C@H](O)c1ccc(N2CCN(CCN(C)C)CC2)cc1. The van der Waals surface area contributed by atoms with Crippen molar-refractivity contribution < 1.29 is 5.11 Å². The molecular formula is C16H27N3O. The molecular weight excluding hydrogens is 250 g/mol. The Kier molecular flexibility index (Phi) is 5.40. The molecule has 0 spiro atoms. The van der Waals surface area contributed by atoms with E-state index in [2.05, 4.69) is 40.9 Å². The van der Waals surface area contributed by atoms with E-state index in [-0.39, 0.29) is 6.10 Å². The number of hydrogen-bond donors (Lipinski definition) is 1. The van der Waals surface area contributed by atoms with Gasteiger partial charge in [0.1, 0.15) is 0 Å². The quantitative estimate of drug-likeness (QED) is 0.882. The van der Waals surface area contributed by atoms with Crippen LogP contribution in [-0.2, 0) is 0 Å². The highest BCUT2D eigenvalue weighted by Gasteiger charge is 2.17. The first-order valence-electron chi connectivity index (χ1n) is 7.46. The Morgan fingerprint density at radius 1 is 1.10 bits per heavy atom. The predicted molar refractivity (Wildman–Crippen MR) is 84.3 cm³/mol. The van der Waals surface area contributed by atoms with E-state index in [0.717, 1.165) is 44.8 Å². The number of aliphatic hydroxyl groups excluding tert-OH is 1. The Labute approximate surface area is 122 Å². The summed E-state index contributed by atoms with van der Waals surface area (Å²) in [5, 5.41) is 9.54. The molecule has 0 aromatic heterocycles. The van der Waals surface area contributed by atoms with Gasteiger partial charge in [0, 0.05) is 45.0 Å². The van der Waals surface area contributed by atoms with Gasteiger partial charge in [-0.1, -0.05) is 12.1 Å². The van der Waals surface area contributed by atoms with Crippen LogP contribution in [0.25, 0.3) is 0 Å². The molecule has 0 amide bonds. The van der Waals surface area contributed by atoms with Crippen molar-refractivity contribution in [2.24, 2.45) is 0 Å². The molecule has 0 saturated carbocycles. The van der Waals surface area contributed by atoms with Crippen LogP contribution in [0.2, 0.25) is 0 Å². The molecule has 1 fully saturated rings. The first kappa shape index (κ1) is 15.3. The number of aliphatic hydroxyl groups is 1. The number of rotatable bonds is 5. The van der Waals surface area contributed by atoms with E-state index in [4.69, 9.17) is 0 Å². The summed E-state index contributed by atoms with van der Waals surface area (Å²) in [4.78, 5) is 7.19. The second kappa shape index (κ2) is 7.07. The third kappa shape index (κ3) is 4.20. The van der Waals surface area contributed by atoms with Gasteiger partial charge in [0.15, 0.2) is 0 Å². The molecule has 0 radical (unpaired) electrons. The third-order valence-electron chi connectivity index (χ3n) is 3.98. The summed E-state index contributed by atoms with van der Waals surface area (Å²) in [6, 6.07) is 8.30. The second-order valence-electron chi connectivity index (χ2n) is 5.90. The summed E-state index contributed by atoms with van der Waals surface area (Å²) >= 11 is 0. The fourth-order valence-corrected chi connectivity index (χ4v) is 2.53. The van der Waals surface area contributed by atoms with Gasteiger partial charge in [-0.2, -0.15) is 0 Å². The normalized spacial score (nSPS) is 18.6. The number of anilines is 1. The molecule has 1 atom stereocenters. The molecule has 0 bridgehead atoms. The van der Waals surface area contributed by atoms with Gasteiger partial charge in [0.25, 0.3) is 0 Å². The van der Waals surface area contributed by atoms with E-state index in [1.165, 1.54) is 5.69 Å². The summed E-state index contributed by atoms with van der Waals surface area (Å²) < 4.78 is 0. The predicted octanol–water partition coefficient (Wildman–Crippen LogP) is 1.42. The standard InChI is InChI=1S/C16H27N3O/c1-14(20)15-4-6-16(7-5-15)19-12-10-18(11-13-19)9-8-17(2)3/h4-7,14,20H,8-13H2,1-3H3/t14-/m0/s1. The lowest BCUT2D eigenvalue weighted by Crippen LogP contribution is -2.48. The third-order valence-corrected chi connectivity index (χ3v) is 3.98. The lowest BCUT2D eigenvalue weighted by atomic mass is 10.1. The fourth-order valence-electron chi connectivity index (χ4n) is 2.53. The molecule has 1 aromatic carbocycles. The molecule has 1 heterocycles. The number of nitrogens with zero attached hydrogens (tertiary/aromatic N) is 3. The number of likely N-dealkylation sites (N-methyl/N-ethyl adjacent to an activating group) is 1. The molecule has 0 unspecified atom stereocenters. The van der Waals surface area contributed by atoms with Crippen molar-refractivity contribution in [2.75, 3.05) is 58.3 Å². The van der Waals surface area contributed by atoms with E-state index >= 15 is 0 Å². The Hall–Kier alpha value is -1.10. The van der Waals surface area contributed by atoms with Crippen LogP contribution in [0, 0.1) is 0 Å². The van der Waals surface area contributed by atoms with Crippen LogP contribution < -0.4 is 4.90 Å². The van der Waals surface area contributed by atoms with Crippen LogP contribution >= 0.6 is 0 Å². The zero-order valence-electron chi connectivity index (χ0n) is 12.9. The van der Waals surface area contributed by atoms with Gasteiger partial charge >= 0.3 is 0 Å². The molecule has 4 nitrogen and oxygen atoms in total. The monoisotopic (exact) mass is 277 g/mol. The summed E-state index contributed by atoms with van der Waals surface area (Å²) in [6.07, 6.45) is -0.382. The highest BCUT2D eigenvalue weighted by atomic mass is 16.3. The highest BCUT2D eigenvalue weighted by molar-refractivity contribution is 5.48. The minimum absolute atomic E-state index is 0.382. The molecule has 1 aliphatic rings. The van der Waals surface area contributed by atoms with Gasteiger partial charge in [0.05, 0.1) is 6.10 Å². The van der Waals surface area contributed by atoms with Crippen molar-refractivity contribution in [1.82, 2.24) is 9.80 Å². The molecule has 0 aliphatic carbocycles. The van der Waals surface area contributed by atoms with Crippen molar-refractivity contribution in [3.05, 3.63) is 29.8 Å². The van der Waals surface area contributed by atoms with Crippen molar-refractivity contribution in [3.8, 4) is 0 Å². The van der Waals surface area contributed by atoms with Gasteiger partial charge in [-0.15, -0.1) is 0 Å². The minimum atomic E-state index is -0.382. The molecule has 1 N–H and O–H groups in total. The maximum atomic E-state index is 9.54. The van der Waals surface area contributed by atoms with Gasteiger partial charge in [-0.3, -0.25) is 4.90 Å². The zero-order valence-corrected chi connectivity index (χ0v) is 12.9. The summed E-state index contributed by atoms with van der Waals surface area (Å²) in [5.41, 5.74) is 2.25. The number of piperazine rings is 1. The van der Waals surface area contributed by atoms with Gasteiger partial charge in [-0.25, -0.2) is 0 Å². The zero-order chi connectivity index (χ0) is 14.5. The average molecular weight is 277 g/mol. The first-order valence-corrected chi connectivity index (χ1v) is 7.46. The largest absolute Gasteiger partial charge is 0.389 e. The number of hydrogen-bond acceptors (Lipinski definition) is 4. The smallest absolute Gasteiger partial charge is 0.0761 e. The maximum absolute atomic E-state index is 9.54. The summed E-state index contributed by atoms with van der Waals surface area (Å²) in [5.74, 6) is 0. The summed E-state index contributed by atoms with van der Waals surface area (Å²) in [7, 11) is 4.25. The van der Waals surface area contributed by atoms with Gasteiger partial charge in [-0.05, 0) is 38.7 Å². The minimum Gasteiger partial charge on any atom is -0.389 e. The Bertz CT molecular complexity index is 395. The molecule has 1 saturated heterocycles. The average Bonchev–Trinajstić information content (AvgIpc) is 2.46. The van der Waals surface area contributed by atoms with Gasteiger partial charge in [0.2, 0.25) is 0 Å². The molecule has 1 aromatic rings. The summed E-state index contributed by atoms with van der Waals surface area (Å²) in [6.45, 7) is 8.52. The van der Waals surface area contributed by atoms with Crippen LogP contribution in [-0.4, -0.2) is 68.3 Å². The van der Waals surface area contributed by atoms with Crippen molar-refractivity contribution in [3.63, 3.8) is 0 Å². The highest BCUT2D eigenvalue weighted by Crippen LogP contribution is 2.20. The lowest BCUT2D eigenvalue weighted by Gasteiger charge is -2.36. The van der Waals surface area contributed by atoms with E-state index in [9.17, 15) is 5.11 Å². The molecule has 2 rings (SSSR count). The Morgan fingerprint density at radius 2 is 1.70 bits per heavy atom. The number of benzene rings is 1. The van der Waals surface area contributed by atoms with Crippen molar-refractivity contribution in [2.45, 2.75) is 13.0 Å².